The summed E-state index contributed by atoms with van der Waals surface area (Å²) in [5.41, 5.74) is 0.959. The zero-order valence-electron chi connectivity index (χ0n) is 9.35. The maximum atomic E-state index is 10.1. The van der Waals surface area contributed by atoms with E-state index in [1.54, 1.807) is 6.20 Å². The predicted octanol–water partition coefficient (Wildman–Crippen LogP) is 1.88. The third-order valence-electron chi connectivity index (χ3n) is 2.66. The molecular weight excluding hydrogens is 200 g/mol. The van der Waals surface area contributed by atoms with Crippen molar-refractivity contribution in [1.82, 2.24) is 10.3 Å². The van der Waals surface area contributed by atoms with Crippen molar-refractivity contribution in [2.75, 3.05) is 13.1 Å². The van der Waals surface area contributed by atoms with Crippen LogP contribution in [0.15, 0.2) is 36.7 Å². The minimum atomic E-state index is -0.467. The number of hydrogen-bond donors (Lipinski definition) is 2. The van der Waals surface area contributed by atoms with Gasteiger partial charge in [0.2, 0.25) is 0 Å². The second kappa shape index (κ2) is 5.05. The minimum absolute atomic E-state index is 0.467. The second-order valence-corrected chi connectivity index (χ2v) is 3.77. The fourth-order valence-corrected chi connectivity index (χ4v) is 1.83. The van der Waals surface area contributed by atoms with E-state index in [2.05, 4.69) is 10.3 Å². The summed E-state index contributed by atoms with van der Waals surface area (Å²) >= 11 is 0. The molecule has 1 atom stereocenters. The van der Waals surface area contributed by atoms with Gasteiger partial charge in [0.25, 0.3) is 0 Å². The molecule has 0 aliphatic rings. The van der Waals surface area contributed by atoms with E-state index in [0.29, 0.717) is 6.54 Å². The van der Waals surface area contributed by atoms with Crippen LogP contribution >= 0.6 is 0 Å². The number of aliphatic hydroxyl groups is 1. The van der Waals surface area contributed by atoms with Crippen LogP contribution in [0.1, 0.15) is 18.6 Å². The molecule has 3 heteroatoms. The summed E-state index contributed by atoms with van der Waals surface area (Å²) < 4.78 is 0. The van der Waals surface area contributed by atoms with Crippen LogP contribution < -0.4 is 5.32 Å². The molecule has 0 saturated carbocycles. The molecule has 3 nitrogen and oxygen atoms in total. The molecule has 1 aromatic heterocycles. The lowest BCUT2D eigenvalue weighted by atomic mass is 10.0. The van der Waals surface area contributed by atoms with Gasteiger partial charge in [-0.2, -0.15) is 0 Å². The van der Waals surface area contributed by atoms with Gasteiger partial charge >= 0.3 is 0 Å². The van der Waals surface area contributed by atoms with Crippen LogP contribution in [0.25, 0.3) is 10.8 Å². The Morgan fingerprint density at radius 1 is 1.38 bits per heavy atom. The zero-order chi connectivity index (χ0) is 11.4. The van der Waals surface area contributed by atoms with Crippen LogP contribution in [-0.2, 0) is 0 Å². The van der Waals surface area contributed by atoms with Gasteiger partial charge in [-0.3, -0.25) is 4.98 Å². The molecule has 1 heterocycles. The molecule has 84 valence electrons. The average Bonchev–Trinajstić information content (AvgIpc) is 2.35. The number of fused-ring (bicyclic) bond motifs is 1. The van der Waals surface area contributed by atoms with Crippen molar-refractivity contribution in [3.05, 3.63) is 42.2 Å². The normalized spacial score (nSPS) is 12.9. The molecule has 1 aromatic carbocycles. The average molecular weight is 216 g/mol. The Labute approximate surface area is 95.1 Å². The van der Waals surface area contributed by atoms with Crippen molar-refractivity contribution in [3.63, 3.8) is 0 Å². The molecule has 0 amide bonds. The van der Waals surface area contributed by atoms with Gasteiger partial charge in [0.1, 0.15) is 0 Å². The summed E-state index contributed by atoms with van der Waals surface area (Å²) in [6.45, 7) is 3.47. The van der Waals surface area contributed by atoms with Crippen LogP contribution in [0.4, 0.5) is 0 Å². The smallest absolute Gasteiger partial charge is 0.0920 e. The lowest BCUT2D eigenvalue weighted by Crippen LogP contribution is -2.20. The Morgan fingerprint density at radius 3 is 3.06 bits per heavy atom. The fourth-order valence-electron chi connectivity index (χ4n) is 1.83. The molecule has 2 N–H and O–H groups in total. The molecule has 0 radical (unpaired) electrons. The van der Waals surface area contributed by atoms with Crippen LogP contribution in [0, 0.1) is 0 Å². The van der Waals surface area contributed by atoms with Gasteiger partial charge in [0.05, 0.1) is 6.10 Å². The summed E-state index contributed by atoms with van der Waals surface area (Å²) in [5, 5.41) is 15.3. The van der Waals surface area contributed by atoms with Gasteiger partial charge in [0, 0.05) is 24.3 Å². The lowest BCUT2D eigenvalue weighted by Gasteiger charge is -2.13. The van der Waals surface area contributed by atoms with Crippen molar-refractivity contribution < 1.29 is 5.11 Å². The number of nitrogens with zero attached hydrogens (tertiary/aromatic N) is 1. The van der Waals surface area contributed by atoms with Gasteiger partial charge in [0.15, 0.2) is 0 Å². The van der Waals surface area contributed by atoms with Gasteiger partial charge in [-0.1, -0.05) is 25.1 Å². The van der Waals surface area contributed by atoms with E-state index in [-0.39, 0.29) is 0 Å². The van der Waals surface area contributed by atoms with Crippen molar-refractivity contribution in [1.29, 1.82) is 0 Å². The first-order chi connectivity index (χ1) is 7.83. The molecule has 2 aromatic rings. The Balaban J connectivity index is 2.36. The monoisotopic (exact) mass is 216 g/mol. The van der Waals surface area contributed by atoms with E-state index < -0.39 is 6.10 Å². The van der Waals surface area contributed by atoms with E-state index in [1.165, 1.54) is 0 Å². The van der Waals surface area contributed by atoms with E-state index in [1.807, 2.05) is 37.4 Å². The number of likely N-dealkylation sites (N-methyl/N-ethyl adjacent to an activating group) is 1. The maximum Gasteiger partial charge on any atom is 0.0920 e. The highest BCUT2D eigenvalue weighted by molar-refractivity contribution is 5.85. The van der Waals surface area contributed by atoms with Crippen molar-refractivity contribution in [2.24, 2.45) is 0 Å². The van der Waals surface area contributed by atoms with Gasteiger partial charge in [-0.05, 0) is 23.6 Å². The van der Waals surface area contributed by atoms with Gasteiger partial charge < -0.3 is 10.4 Å². The third-order valence-corrected chi connectivity index (χ3v) is 2.66. The summed E-state index contributed by atoms with van der Waals surface area (Å²) in [4.78, 5) is 4.08. The standard InChI is InChI=1S/C13H16N2O/c1-2-14-9-13(16)12-5-3-4-10-8-15-7-6-11(10)12/h3-8,13-14,16H,2,9H2,1H3. The molecule has 0 bridgehead atoms. The summed E-state index contributed by atoms with van der Waals surface area (Å²) in [5.74, 6) is 0. The lowest BCUT2D eigenvalue weighted by molar-refractivity contribution is 0.177. The number of nitrogens with one attached hydrogen (secondary N) is 1. The number of aromatic nitrogens is 1. The van der Waals surface area contributed by atoms with E-state index in [4.69, 9.17) is 0 Å². The molecule has 2 rings (SSSR count). The number of pyridine rings is 1. The zero-order valence-corrected chi connectivity index (χ0v) is 9.35. The molecule has 0 spiro atoms. The quantitative estimate of drug-likeness (QED) is 0.820. The van der Waals surface area contributed by atoms with Gasteiger partial charge in [-0.15, -0.1) is 0 Å². The summed E-state index contributed by atoms with van der Waals surface area (Å²) in [6, 6.07) is 7.87. The Bertz CT molecular complexity index is 465. The molecule has 0 aliphatic heterocycles. The summed E-state index contributed by atoms with van der Waals surface area (Å²) in [6.07, 6.45) is 3.11. The first-order valence-electron chi connectivity index (χ1n) is 5.54. The highest BCUT2D eigenvalue weighted by atomic mass is 16.3. The van der Waals surface area contributed by atoms with Crippen molar-refractivity contribution >= 4 is 10.8 Å². The largest absolute Gasteiger partial charge is 0.387 e. The molecular formula is C13H16N2O. The molecule has 1 unspecified atom stereocenters. The fraction of sp³-hybridized carbons (Fsp3) is 0.308. The van der Waals surface area contributed by atoms with Gasteiger partial charge in [-0.25, -0.2) is 0 Å². The third kappa shape index (κ3) is 2.21. The summed E-state index contributed by atoms with van der Waals surface area (Å²) in [7, 11) is 0. The first kappa shape index (κ1) is 11.0. The number of rotatable bonds is 4. The maximum absolute atomic E-state index is 10.1. The predicted molar refractivity (Wildman–Crippen MR) is 65.2 cm³/mol. The van der Waals surface area contributed by atoms with Crippen LogP contribution in [0.3, 0.4) is 0 Å². The van der Waals surface area contributed by atoms with Crippen LogP contribution in [-0.4, -0.2) is 23.2 Å². The van der Waals surface area contributed by atoms with E-state index in [0.717, 1.165) is 22.9 Å². The first-order valence-corrected chi connectivity index (χ1v) is 5.54. The number of hydrogen-bond acceptors (Lipinski definition) is 3. The van der Waals surface area contributed by atoms with Crippen molar-refractivity contribution in [3.8, 4) is 0 Å². The number of benzene rings is 1. The van der Waals surface area contributed by atoms with Crippen LogP contribution in [0.2, 0.25) is 0 Å². The number of aliphatic hydroxyl groups excluding tert-OH is 1. The Kier molecular flexibility index (Phi) is 3.49. The molecule has 0 fully saturated rings. The highest BCUT2D eigenvalue weighted by Gasteiger charge is 2.09. The Morgan fingerprint density at radius 2 is 2.25 bits per heavy atom. The highest BCUT2D eigenvalue weighted by Crippen LogP contribution is 2.22. The molecule has 0 saturated heterocycles. The van der Waals surface area contributed by atoms with E-state index in [9.17, 15) is 5.11 Å². The molecule has 0 aliphatic carbocycles. The van der Waals surface area contributed by atoms with Crippen molar-refractivity contribution in [2.45, 2.75) is 13.0 Å². The molecule has 16 heavy (non-hydrogen) atoms. The van der Waals surface area contributed by atoms with E-state index >= 15 is 0 Å². The Hall–Kier alpha value is -1.45. The topological polar surface area (TPSA) is 45.1 Å². The SMILES string of the molecule is CCNCC(O)c1cccc2cnccc12. The van der Waals surface area contributed by atoms with Crippen LogP contribution in [0.5, 0.6) is 0 Å². The second-order valence-electron chi connectivity index (χ2n) is 3.77. The minimum Gasteiger partial charge on any atom is -0.387 e.